The van der Waals surface area contributed by atoms with Crippen LogP contribution in [0.2, 0.25) is 0 Å². The number of rotatable bonds is 13. The largest absolute Gasteiger partial charge is 0.383 e. The second kappa shape index (κ2) is 12.0. The lowest BCUT2D eigenvalue weighted by molar-refractivity contribution is -0.121. The second-order valence-corrected chi connectivity index (χ2v) is 7.31. The van der Waals surface area contributed by atoms with Gasteiger partial charge < -0.3 is 15.4 Å². The molecule has 0 aromatic carbocycles. The van der Waals surface area contributed by atoms with Crippen molar-refractivity contribution in [3.05, 3.63) is 6.20 Å². The van der Waals surface area contributed by atoms with Crippen LogP contribution in [0.3, 0.4) is 0 Å². The Balaban J connectivity index is 2.11. The van der Waals surface area contributed by atoms with E-state index in [1.807, 2.05) is 0 Å². The highest BCUT2D eigenvalue weighted by molar-refractivity contribution is 7.99. The third-order valence-corrected chi connectivity index (χ3v) is 5.01. The van der Waals surface area contributed by atoms with E-state index >= 15 is 0 Å². The normalized spacial score (nSPS) is 11.1. The van der Waals surface area contributed by atoms with Gasteiger partial charge in [-0.25, -0.2) is 14.6 Å². The number of amides is 1. The van der Waals surface area contributed by atoms with E-state index < -0.39 is 0 Å². The fraction of sp³-hybridized carbons (Fsp3) is 0.647. The number of methoxy groups -OCH3 is 1. The molecule has 0 aliphatic rings. The van der Waals surface area contributed by atoms with Gasteiger partial charge in [0.05, 0.1) is 24.7 Å². The third-order valence-electron chi connectivity index (χ3n) is 3.69. The molecular formula is C17H27ClN6O2S. The summed E-state index contributed by atoms with van der Waals surface area (Å²) >= 11 is 7.24. The molecule has 10 heteroatoms. The van der Waals surface area contributed by atoms with Crippen LogP contribution < -0.4 is 10.6 Å². The number of fused-ring (bicyclic) bond motifs is 1. The van der Waals surface area contributed by atoms with Gasteiger partial charge in [-0.15, -0.1) is 11.6 Å². The number of carbonyl (C=O) groups excluding carboxylic acids is 1. The second-order valence-electron chi connectivity index (χ2n) is 5.87. The lowest BCUT2D eigenvalue weighted by atomic mass is 10.3. The van der Waals surface area contributed by atoms with Crippen LogP contribution in [0.1, 0.15) is 26.2 Å². The van der Waals surface area contributed by atoms with Crippen molar-refractivity contribution in [2.75, 3.05) is 43.8 Å². The summed E-state index contributed by atoms with van der Waals surface area (Å²) in [5.74, 6) is 2.20. The molecule has 0 saturated heterocycles. The Bertz CT molecular complexity index is 727. The third kappa shape index (κ3) is 6.82. The fourth-order valence-corrected chi connectivity index (χ4v) is 3.21. The van der Waals surface area contributed by atoms with E-state index in [0.717, 1.165) is 34.2 Å². The van der Waals surface area contributed by atoms with E-state index in [9.17, 15) is 4.79 Å². The molecule has 27 heavy (non-hydrogen) atoms. The molecule has 0 bridgehead atoms. The number of nitrogens with zero attached hydrogens (tertiary/aromatic N) is 4. The first-order valence-electron chi connectivity index (χ1n) is 9.11. The first-order valence-corrected chi connectivity index (χ1v) is 10.6. The number of halogens is 1. The summed E-state index contributed by atoms with van der Waals surface area (Å²) in [6, 6.07) is 0. The maximum atomic E-state index is 11.7. The Morgan fingerprint density at radius 2 is 2.22 bits per heavy atom. The van der Waals surface area contributed by atoms with E-state index in [-0.39, 0.29) is 5.91 Å². The Hall–Kier alpha value is -1.58. The molecule has 0 aliphatic carbocycles. The van der Waals surface area contributed by atoms with Crippen molar-refractivity contribution in [1.82, 2.24) is 25.1 Å². The van der Waals surface area contributed by atoms with Gasteiger partial charge in [0.15, 0.2) is 10.8 Å². The molecule has 2 aromatic heterocycles. The molecular weight excluding hydrogens is 388 g/mol. The SMILES string of the molecule is CCCSc1nc(NCCOC)c2cnn(CCNC(=O)CCCCl)c2n1. The van der Waals surface area contributed by atoms with Crippen LogP contribution in [-0.2, 0) is 16.1 Å². The van der Waals surface area contributed by atoms with Gasteiger partial charge in [-0.3, -0.25) is 4.79 Å². The Kier molecular flexibility index (Phi) is 9.65. The first kappa shape index (κ1) is 21.7. The predicted octanol–water partition coefficient (Wildman–Crippen LogP) is 2.52. The van der Waals surface area contributed by atoms with Crippen LogP contribution in [0.25, 0.3) is 11.0 Å². The molecule has 0 fully saturated rings. The molecule has 0 spiro atoms. The summed E-state index contributed by atoms with van der Waals surface area (Å²) in [4.78, 5) is 21.0. The Morgan fingerprint density at radius 1 is 1.37 bits per heavy atom. The van der Waals surface area contributed by atoms with Crippen molar-refractivity contribution < 1.29 is 9.53 Å². The van der Waals surface area contributed by atoms with E-state index in [1.54, 1.807) is 29.8 Å². The molecule has 8 nitrogen and oxygen atoms in total. The van der Waals surface area contributed by atoms with E-state index in [0.29, 0.717) is 45.0 Å². The van der Waals surface area contributed by atoms with Crippen LogP contribution >= 0.6 is 23.4 Å². The van der Waals surface area contributed by atoms with Crippen LogP contribution in [0, 0.1) is 0 Å². The lowest BCUT2D eigenvalue weighted by Gasteiger charge is -2.09. The van der Waals surface area contributed by atoms with Crippen molar-refractivity contribution >= 4 is 46.1 Å². The maximum Gasteiger partial charge on any atom is 0.220 e. The number of anilines is 1. The molecule has 0 atom stereocenters. The fourth-order valence-electron chi connectivity index (χ4n) is 2.38. The molecule has 2 N–H and O–H groups in total. The van der Waals surface area contributed by atoms with Crippen molar-refractivity contribution in [2.45, 2.75) is 37.9 Å². The summed E-state index contributed by atoms with van der Waals surface area (Å²) in [5, 5.41) is 12.2. The number of ether oxygens (including phenoxy) is 1. The predicted molar refractivity (Wildman–Crippen MR) is 110 cm³/mol. The Labute approximate surface area is 168 Å². The molecule has 0 aliphatic heterocycles. The van der Waals surface area contributed by atoms with Crippen LogP contribution in [0.15, 0.2) is 11.4 Å². The van der Waals surface area contributed by atoms with E-state index in [2.05, 4.69) is 32.6 Å². The van der Waals surface area contributed by atoms with Gasteiger partial charge in [-0.1, -0.05) is 18.7 Å². The molecule has 0 unspecified atom stereocenters. The zero-order valence-corrected chi connectivity index (χ0v) is 17.4. The van der Waals surface area contributed by atoms with Crippen molar-refractivity contribution in [1.29, 1.82) is 0 Å². The summed E-state index contributed by atoms with van der Waals surface area (Å²) in [6.07, 6.45) is 3.93. The highest BCUT2D eigenvalue weighted by atomic mass is 35.5. The van der Waals surface area contributed by atoms with E-state index in [4.69, 9.17) is 16.3 Å². The molecule has 150 valence electrons. The van der Waals surface area contributed by atoms with Crippen LogP contribution in [0.5, 0.6) is 0 Å². The van der Waals surface area contributed by atoms with Gasteiger partial charge >= 0.3 is 0 Å². The molecule has 0 radical (unpaired) electrons. The van der Waals surface area contributed by atoms with Gasteiger partial charge in [0.25, 0.3) is 0 Å². The minimum absolute atomic E-state index is 0.00264. The highest BCUT2D eigenvalue weighted by Gasteiger charge is 2.13. The zero-order valence-electron chi connectivity index (χ0n) is 15.8. The lowest BCUT2D eigenvalue weighted by Crippen LogP contribution is -2.27. The summed E-state index contributed by atoms with van der Waals surface area (Å²) in [5.41, 5.74) is 0.763. The van der Waals surface area contributed by atoms with Gasteiger partial charge in [0, 0.05) is 38.3 Å². The average Bonchev–Trinajstić information content (AvgIpc) is 3.08. The van der Waals surface area contributed by atoms with Crippen molar-refractivity contribution in [3.63, 3.8) is 0 Å². The minimum atomic E-state index is 0.00264. The number of hydrogen-bond acceptors (Lipinski definition) is 7. The molecule has 0 saturated carbocycles. The molecule has 2 heterocycles. The molecule has 2 rings (SSSR count). The van der Waals surface area contributed by atoms with Gasteiger partial charge in [-0.2, -0.15) is 5.10 Å². The number of hydrogen-bond donors (Lipinski definition) is 2. The summed E-state index contributed by atoms with van der Waals surface area (Å²) in [7, 11) is 1.67. The summed E-state index contributed by atoms with van der Waals surface area (Å²) in [6.45, 7) is 4.41. The topological polar surface area (TPSA) is 94.0 Å². The summed E-state index contributed by atoms with van der Waals surface area (Å²) < 4.78 is 6.90. The van der Waals surface area contributed by atoms with Gasteiger partial charge in [0.2, 0.25) is 5.91 Å². The standard InChI is InChI=1S/C17H27ClN6O2S/c1-3-11-27-17-22-15(20-8-10-26-2)13-12-21-24(16(13)23-17)9-7-19-14(25)5-4-6-18/h12H,3-11H2,1-2H3,(H,19,25)(H,20,22,23). The number of thioether (sulfide) groups is 1. The number of carbonyl (C=O) groups is 1. The van der Waals surface area contributed by atoms with Crippen LogP contribution in [0.4, 0.5) is 5.82 Å². The van der Waals surface area contributed by atoms with Gasteiger partial charge in [0.1, 0.15) is 5.82 Å². The number of nitrogens with one attached hydrogen (secondary N) is 2. The van der Waals surface area contributed by atoms with Crippen molar-refractivity contribution in [3.8, 4) is 0 Å². The monoisotopic (exact) mass is 414 g/mol. The van der Waals surface area contributed by atoms with E-state index in [1.165, 1.54) is 0 Å². The quantitative estimate of drug-likeness (QED) is 0.225. The average molecular weight is 415 g/mol. The number of alkyl halides is 1. The van der Waals surface area contributed by atoms with Crippen LogP contribution in [-0.4, -0.2) is 64.1 Å². The zero-order chi connectivity index (χ0) is 19.5. The van der Waals surface area contributed by atoms with Gasteiger partial charge in [-0.05, 0) is 12.8 Å². The highest BCUT2D eigenvalue weighted by Crippen LogP contribution is 2.24. The Morgan fingerprint density at radius 3 is 2.96 bits per heavy atom. The smallest absolute Gasteiger partial charge is 0.220 e. The minimum Gasteiger partial charge on any atom is -0.383 e. The molecule has 2 aromatic rings. The first-order chi connectivity index (χ1) is 13.2. The number of aromatic nitrogens is 4. The maximum absolute atomic E-state index is 11.7. The molecule has 1 amide bonds. The van der Waals surface area contributed by atoms with Crippen molar-refractivity contribution in [2.24, 2.45) is 0 Å².